The van der Waals surface area contributed by atoms with Gasteiger partial charge in [-0.1, -0.05) is 34.8 Å². The van der Waals surface area contributed by atoms with E-state index in [1.165, 1.54) is 0 Å². The number of imide groups is 1. The zero-order valence-corrected chi connectivity index (χ0v) is 9.33. The molecule has 0 radical (unpaired) electrons. The average Bonchev–Trinajstić information content (AvgIpc) is 2.03. The summed E-state index contributed by atoms with van der Waals surface area (Å²) in [6.45, 7) is 1.75. The summed E-state index contributed by atoms with van der Waals surface area (Å²) in [5, 5.41) is 3.54. The first-order valence-electron chi connectivity index (χ1n) is 3.43. The molecule has 0 aromatic rings. The third-order valence-electron chi connectivity index (χ3n) is 0.880. The average molecular weight is 261 g/mol. The van der Waals surface area contributed by atoms with Crippen molar-refractivity contribution in [1.29, 1.82) is 0 Å². The summed E-state index contributed by atoms with van der Waals surface area (Å²) in [5.74, 6) is 0. The lowest BCUT2D eigenvalue weighted by Crippen LogP contribution is -2.38. The van der Waals surface area contributed by atoms with E-state index in [0.717, 1.165) is 0 Å². The quantitative estimate of drug-likeness (QED) is 0.749. The first-order valence-corrected chi connectivity index (χ1v) is 4.56. The number of hydrogen-bond donors (Lipinski definition) is 2. The standard InChI is InChI=1S/C6H7Cl3N2O3/c1-2-14-6(13)11-5(12)10-4(9)3(7)8/h2H2,1H3,(H2,10,11,12,13). The molecule has 0 aliphatic rings. The first-order chi connectivity index (χ1) is 6.47. The fourth-order valence-electron chi connectivity index (χ4n) is 0.438. The zero-order valence-electron chi connectivity index (χ0n) is 7.07. The van der Waals surface area contributed by atoms with Crippen LogP contribution in [0.15, 0.2) is 9.65 Å². The van der Waals surface area contributed by atoms with Gasteiger partial charge < -0.3 is 4.74 Å². The maximum atomic E-state index is 10.9. The molecule has 0 aromatic carbocycles. The van der Waals surface area contributed by atoms with Crippen LogP contribution in [0, 0.1) is 0 Å². The van der Waals surface area contributed by atoms with Gasteiger partial charge in [0.2, 0.25) is 0 Å². The Bertz CT molecular complexity index is 263. The highest BCUT2D eigenvalue weighted by atomic mass is 35.5. The maximum Gasteiger partial charge on any atom is 0.415 e. The third-order valence-corrected chi connectivity index (χ3v) is 1.74. The maximum absolute atomic E-state index is 10.9. The molecular weight excluding hydrogens is 254 g/mol. The number of alkyl carbamates (subject to hydrolysis) is 1. The molecule has 2 N–H and O–H groups in total. The smallest absolute Gasteiger partial charge is 0.415 e. The molecule has 8 heteroatoms. The van der Waals surface area contributed by atoms with E-state index in [2.05, 4.69) is 4.74 Å². The van der Waals surface area contributed by atoms with Crippen LogP contribution in [-0.4, -0.2) is 18.7 Å². The normalized spacial score (nSPS) is 8.86. The summed E-state index contributed by atoms with van der Waals surface area (Å²) in [6, 6.07) is -0.882. The van der Waals surface area contributed by atoms with Crippen LogP contribution in [0.2, 0.25) is 0 Å². The van der Waals surface area contributed by atoms with Gasteiger partial charge in [0.25, 0.3) is 0 Å². The Labute approximate surface area is 95.3 Å². The van der Waals surface area contributed by atoms with Gasteiger partial charge in [0.15, 0.2) is 0 Å². The Morgan fingerprint density at radius 2 is 1.79 bits per heavy atom. The van der Waals surface area contributed by atoms with Crippen LogP contribution in [0.25, 0.3) is 0 Å². The van der Waals surface area contributed by atoms with Crippen LogP contribution in [0.3, 0.4) is 0 Å². The topological polar surface area (TPSA) is 67.4 Å². The van der Waals surface area contributed by atoms with E-state index in [1.54, 1.807) is 6.92 Å². The van der Waals surface area contributed by atoms with Crippen molar-refractivity contribution in [2.45, 2.75) is 6.92 Å². The monoisotopic (exact) mass is 260 g/mol. The zero-order chi connectivity index (χ0) is 11.1. The van der Waals surface area contributed by atoms with E-state index in [0.29, 0.717) is 0 Å². The van der Waals surface area contributed by atoms with Crippen LogP contribution >= 0.6 is 34.8 Å². The summed E-state index contributed by atoms with van der Waals surface area (Å²) in [5.41, 5.74) is 0. The van der Waals surface area contributed by atoms with Crippen molar-refractivity contribution in [2.24, 2.45) is 0 Å². The Hall–Kier alpha value is -0.650. The van der Waals surface area contributed by atoms with Crippen LogP contribution in [0.4, 0.5) is 9.59 Å². The van der Waals surface area contributed by atoms with Gasteiger partial charge in [0, 0.05) is 0 Å². The lowest BCUT2D eigenvalue weighted by atomic mass is 10.8. The Morgan fingerprint density at radius 1 is 1.21 bits per heavy atom. The van der Waals surface area contributed by atoms with Crippen molar-refractivity contribution in [2.75, 3.05) is 6.61 Å². The van der Waals surface area contributed by atoms with Gasteiger partial charge in [-0.25, -0.2) is 14.9 Å². The predicted octanol–water partition coefficient (Wildman–Crippen LogP) is 2.29. The fourth-order valence-corrected chi connectivity index (χ4v) is 0.618. The largest absolute Gasteiger partial charge is 0.450 e. The number of nitrogens with one attached hydrogen (secondary N) is 2. The molecule has 0 aromatic heterocycles. The van der Waals surface area contributed by atoms with Gasteiger partial charge in [0.05, 0.1) is 6.61 Å². The molecule has 0 rings (SSSR count). The SMILES string of the molecule is CCOC(=O)NC(=O)NC(Cl)=C(Cl)Cl. The van der Waals surface area contributed by atoms with Gasteiger partial charge in [-0.05, 0) is 6.92 Å². The Morgan fingerprint density at radius 3 is 2.21 bits per heavy atom. The number of ether oxygens (including phenoxy) is 1. The van der Waals surface area contributed by atoms with Crippen molar-refractivity contribution >= 4 is 46.9 Å². The summed E-state index contributed by atoms with van der Waals surface area (Å²) in [7, 11) is 0. The van der Waals surface area contributed by atoms with E-state index < -0.39 is 12.1 Å². The number of hydrogen-bond acceptors (Lipinski definition) is 3. The Balaban J connectivity index is 4.00. The van der Waals surface area contributed by atoms with Crippen molar-refractivity contribution in [3.05, 3.63) is 9.65 Å². The summed E-state index contributed by atoms with van der Waals surface area (Å²) in [6.07, 6.45) is -0.889. The van der Waals surface area contributed by atoms with E-state index in [-0.39, 0.29) is 16.3 Å². The van der Waals surface area contributed by atoms with Gasteiger partial charge in [-0.2, -0.15) is 0 Å². The van der Waals surface area contributed by atoms with Crippen molar-refractivity contribution in [1.82, 2.24) is 10.6 Å². The molecule has 0 saturated heterocycles. The van der Waals surface area contributed by atoms with Crippen molar-refractivity contribution in [3.8, 4) is 0 Å². The molecule has 80 valence electrons. The van der Waals surface area contributed by atoms with Gasteiger partial charge in [0.1, 0.15) is 9.65 Å². The van der Waals surface area contributed by atoms with Crippen LogP contribution in [0.1, 0.15) is 6.92 Å². The summed E-state index contributed by atoms with van der Waals surface area (Å²) < 4.78 is 4.10. The number of halogens is 3. The lowest BCUT2D eigenvalue weighted by Gasteiger charge is -2.04. The molecule has 14 heavy (non-hydrogen) atoms. The molecule has 0 unspecified atom stereocenters. The van der Waals surface area contributed by atoms with Gasteiger partial charge >= 0.3 is 12.1 Å². The molecular formula is C6H7Cl3N2O3. The summed E-state index contributed by atoms with van der Waals surface area (Å²) in [4.78, 5) is 21.6. The molecule has 0 fully saturated rings. The molecule has 0 heterocycles. The Kier molecular flexibility index (Phi) is 6.44. The lowest BCUT2D eigenvalue weighted by molar-refractivity contribution is 0.153. The molecule has 0 spiro atoms. The van der Waals surface area contributed by atoms with E-state index in [4.69, 9.17) is 34.8 Å². The van der Waals surface area contributed by atoms with Crippen molar-refractivity contribution in [3.63, 3.8) is 0 Å². The molecule has 3 amide bonds. The highest BCUT2D eigenvalue weighted by Gasteiger charge is 2.09. The number of carbonyl (C=O) groups is 2. The second-order valence-electron chi connectivity index (χ2n) is 1.87. The summed E-state index contributed by atoms with van der Waals surface area (Å²) >= 11 is 15.8. The third kappa shape index (κ3) is 5.90. The van der Waals surface area contributed by atoms with Gasteiger partial charge in [-0.15, -0.1) is 0 Å². The predicted molar refractivity (Wildman–Crippen MR) is 53.3 cm³/mol. The minimum absolute atomic E-state index is 0.152. The van der Waals surface area contributed by atoms with E-state index in [9.17, 15) is 9.59 Å². The van der Waals surface area contributed by atoms with Crippen molar-refractivity contribution < 1.29 is 14.3 Å². The van der Waals surface area contributed by atoms with Crippen LogP contribution in [-0.2, 0) is 4.74 Å². The second-order valence-corrected chi connectivity index (χ2v) is 3.20. The molecule has 0 bridgehead atoms. The van der Waals surface area contributed by atoms with Crippen LogP contribution in [0.5, 0.6) is 0 Å². The molecule has 5 nitrogen and oxygen atoms in total. The number of urea groups is 1. The minimum atomic E-state index is -0.889. The highest BCUT2D eigenvalue weighted by Crippen LogP contribution is 2.14. The van der Waals surface area contributed by atoms with Gasteiger partial charge in [-0.3, -0.25) is 5.32 Å². The number of rotatable bonds is 2. The molecule has 0 atom stereocenters. The minimum Gasteiger partial charge on any atom is -0.450 e. The van der Waals surface area contributed by atoms with E-state index >= 15 is 0 Å². The first kappa shape index (κ1) is 13.4. The number of carbonyl (C=O) groups excluding carboxylic acids is 2. The highest BCUT2D eigenvalue weighted by molar-refractivity contribution is 6.59. The molecule has 0 saturated carbocycles. The van der Waals surface area contributed by atoms with E-state index in [1.807, 2.05) is 10.6 Å². The molecule has 0 aliphatic carbocycles. The molecule has 0 aliphatic heterocycles. The fraction of sp³-hybridized carbons (Fsp3) is 0.333. The number of amides is 3. The van der Waals surface area contributed by atoms with Crippen LogP contribution < -0.4 is 10.6 Å². The second kappa shape index (κ2) is 6.75.